The van der Waals surface area contributed by atoms with Crippen molar-refractivity contribution < 1.29 is 0 Å². The first-order valence-electron chi connectivity index (χ1n) is 8.40. The largest absolute Gasteiger partial charge is 0.384 e. The van der Waals surface area contributed by atoms with Crippen molar-refractivity contribution in [1.82, 2.24) is 0 Å². The minimum absolute atomic E-state index is 0.545. The topological polar surface area (TPSA) is 35.8 Å². The molecule has 2 heteroatoms. The Hall–Kier alpha value is -1.49. The quantitative estimate of drug-likeness (QED) is 0.885. The summed E-state index contributed by atoms with van der Waals surface area (Å²) in [4.78, 5) is 0. The number of anilines is 1. The summed E-state index contributed by atoms with van der Waals surface area (Å²) in [6, 6.07) is 8.22. The summed E-state index contributed by atoms with van der Waals surface area (Å²) in [6.07, 6.45) is 8.81. The van der Waals surface area contributed by atoms with E-state index in [1.165, 1.54) is 44.1 Å². The molecule has 2 nitrogen and oxygen atoms in total. The van der Waals surface area contributed by atoms with E-state index in [-0.39, 0.29) is 0 Å². The van der Waals surface area contributed by atoms with Crippen molar-refractivity contribution in [2.45, 2.75) is 45.4 Å². The molecular formula is C19H24N2. The van der Waals surface area contributed by atoms with Crippen molar-refractivity contribution in [1.29, 1.82) is 5.26 Å². The van der Waals surface area contributed by atoms with Gasteiger partial charge in [-0.05, 0) is 86.3 Å². The van der Waals surface area contributed by atoms with E-state index in [2.05, 4.69) is 24.4 Å². The molecule has 4 saturated carbocycles. The lowest BCUT2D eigenvalue weighted by Gasteiger charge is -2.57. The van der Waals surface area contributed by atoms with E-state index < -0.39 is 0 Å². The number of aryl methyl sites for hydroxylation is 1. The van der Waals surface area contributed by atoms with Gasteiger partial charge in [-0.2, -0.15) is 5.26 Å². The molecule has 4 aliphatic carbocycles. The van der Waals surface area contributed by atoms with Crippen LogP contribution in [0.1, 0.15) is 49.7 Å². The highest BCUT2D eigenvalue weighted by Crippen LogP contribution is 2.59. The molecule has 1 aromatic carbocycles. The minimum Gasteiger partial charge on any atom is -0.384 e. The molecule has 0 amide bonds. The van der Waals surface area contributed by atoms with Gasteiger partial charge in [0, 0.05) is 12.2 Å². The molecule has 0 aliphatic heterocycles. The van der Waals surface area contributed by atoms with Crippen molar-refractivity contribution >= 4 is 5.69 Å². The fourth-order valence-electron chi connectivity index (χ4n) is 5.67. The van der Waals surface area contributed by atoms with Crippen molar-refractivity contribution in [3.05, 3.63) is 29.3 Å². The minimum atomic E-state index is 0.545. The van der Waals surface area contributed by atoms with Crippen LogP contribution >= 0.6 is 0 Å². The third kappa shape index (κ3) is 2.33. The SMILES string of the molecule is Cc1ccc(C#N)cc1NCC12CC3CC(CC(C3)C1)C2. The average molecular weight is 280 g/mol. The number of hydrogen-bond acceptors (Lipinski definition) is 2. The van der Waals surface area contributed by atoms with E-state index >= 15 is 0 Å². The second-order valence-electron chi connectivity index (χ2n) is 7.91. The third-order valence-corrected chi connectivity index (χ3v) is 6.19. The van der Waals surface area contributed by atoms with Crippen LogP contribution in [-0.4, -0.2) is 6.54 Å². The molecule has 1 N–H and O–H groups in total. The molecule has 1 aromatic rings. The Kier molecular flexibility index (Phi) is 2.99. The highest BCUT2D eigenvalue weighted by molar-refractivity contribution is 5.55. The van der Waals surface area contributed by atoms with Crippen LogP contribution in [0, 0.1) is 41.4 Å². The normalized spacial score (nSPS) is 36.5. The molecule has 0 unspecified atom stereocenters. The molecular weight excluding hydrogens is 256 g/mol. The van der Waals surface area contributed by atoms with E-state index in [0.29, 0.717) is 5.41 Å². The Morgan fingerprint density at radius 1 is 1.14 bits per heavy atom. The Labute approximate surface area is 127 Å². The smallest absolute Gasteiger partial charge is 0.0992 e. The second kappa shape index (κ2) is 4.77. The van der Waals surface area contributed by atoms with E-state index in [1.54, 1.807) is 0 Å². The Morgan fingerprint density at radius 2 is 1.76 bits per heavy atom. The van der Waals surface area contributed by atoms with E-state index in [9.17, 15) is 0 Å². The van der Waals surface area contributed by atoms with Gasteiger partial charge in [0.15, 0.2) is 0 Å². The van der Waals surface area contributed by atoms with Crippen molar-refractivity contribution in [3.63, 3.8) is 0 Å². The van der Waals surface area contributed by atoms with Gasteiger partial charge in [-0.1, -0.05) is 6.07 Å². The molecule has 0 atom stereocenters. The third-order valence-electron chi connectivity index (χ3n) is 6.19. The van der Waals surface area contributed by atoms with Crippen LogP contribution in [0.2, 0.25) is 0 Å². The summed E-state index contributed by atoms with van der Waals surface area (Å²) in [5.74, 6) is 3.01. The maximum atomic E-state index is 9.07. The lowest BCUT2D eigenvalue weighted by molar-refractivity contribution is -0.0444. The monoisotopic (exact) mass is 280 g/mol. The molecule has 4 bridgehead atoms. The van der Waals surface area contributed by atoms with Gasteiger partial charge in [0.25, 0.3) is 0 Å². The number of nitrogens with zero attached hydrogens (tertiary/aromatic N) is 1. The summed E-state index contributed by atoms with van der Waals surface area (Å²) in [5, 5.41) is 12.8. The summed E-state index contributed by atoms with van der Waals surface area (Å²) >= 11 is 0. The standard InChI is InChI=1S/C19H24N2/c1-13-2-3-14(11-20)7-18(13)21-12-19-8-15-4-16(9-19)6-17(5-15)10-19/h2-3,7,15-17,21H,4-6,8-10,12H2,1H3. The van der Waals surface area contributed by atoms with Gasteiger partial charge >= 0.3 is 0 Å². The zero-order valence-electron chi connectivity index (χ0n) is 12.9. The molecule has 0 spiro atoms. The van der Waals surface area contributed by atoms with Crippen LogP contribution in [0.3, 0.4) is 0 Å². The first-order valence-corrected chi connectivity index (χ1v) is 8.40. The van der Waals surface area contributed by atoms with E-state index in [1.807, 2.05) is 12.1 Å². The van der Waals surface area contributed by atoms with Crippen LogP contribution in [0.5, 0.6) is 0 Å². The first kappa shape index (κ1) is 13.2. The Morgan fingerprint density at radius 3 is 2.33 bits per heavy atom. The van der Waals surface area contributed by atoms with Gasteiger partial charge in [-0.25, -0.2) is 0 Å². The van der Waals surface area contributed by atoms with Crippen molar-refractivity contribution in [3.8, 4) is 6.07 Å². The fourth-order valence-corrected chi connectivity index (χ4v) is 5.67. The van der Waals surface area contributed by atoms with Gasteiger partial charge in [-0.3, -0.25) is 0 Å². The summed E-state index contributed by atoms with van der Waals surface area (Å²) in [6.45, 7) is 3.23. The van der Waals surface area contributed by atoms with Crippen LogP contribution in [0.4, 0.5) is 5.69 Å². The maximum Gasteiger partial charge on any atom is 0.0992 e. The van der Waals surface area contributed by atoms with Crippen LogP contribution in [-0.2, 0) is 0 Å². The zero-order chi connectivity index (χ0) is 14.4. The Bertz CT molecular complexity index is 561. The number of rotatable bonds is 3. The predicted octanol–water partition coefficient (Wildman–Crippen LogP) is 4.50. The van der Waals surface area contributed by atoms with E-state index in [0.717, 1.165) is 35.5 Å². The zero-order valence-corrected chi connectivity index (χ0v) is 12.9. The molecule has 110 valence electrons. The van der Waals surface area contributed by atoms with Gasteiger partial charge < -0.3 is 5.32 Å². The maximum absolute atomic E-state index is 9.07. The molecule has 0 heterocycles. The van der Waals surface area contributed by atoms with Gasteiger partial charge in [-0.15, -0.1) is 0 Å². The molecule has 0 saturated heterocycles. The average Bonchev–Trinajstić information content (AvgIpc) is 2.45. The summed E-state index contributed by atoms with van der Waals surface area (Å²) < 4.78 is 0. The molecule has 0 aromatic heterocycles. The first-order chi connectivity index (χ1) is 10.2. The fraction of sp³-hybridized carbons (Fsp3) is 0.632. The molecule has 21 heavy (non-hydrogen) atoms. The number of nitriles is 1. The number of hydrogen-bond donors (Lipinski definition) is 1. The lowest BCUT2D eigenvalue weighted by atomic mass is 9.49. The number of benzene rings is 1. The number of nitrogens with one attached hydrogen (secondary N) is 1. The summed E-state index contributed by atoms with van der Waals surface area (Å²) in [7, 11) is 0. The predicted molar refractivity (Wildman–Crippen MR) is 85.0 cm³/mol. The summed E-state index contributed by atoms with van der Waals surface area (Å²) in [5.41, 5.74) is 3.71. The van der Waals surface area contributed by atoms with Gasteiger partial charge in [0.1, 0.15) is 0 Å². The van der Waals surface area contributed by atoms with Gasteiger partial charge in [0.05, 0.1) is 11.6 Å². The lowest BCUT2D eigenvalue weighted by Crippen LogP contribution is -2.49. The van der Waals surface area contributed by atoms with Crippen molar-refractivity contribution in [2.75, 3.05) is 11.9 Å². The van der Waals surface area contributed by atoms with Gasteiger partial charge in [0.2, 0.25) is 0 Å². The molecule has 5 rings (SSSR count). The highest BCUT2D eigenvalue weighted by Gasteiger charge is 2.50. The van der Waals surface area contributed by atoms with E-state index in [4.69, 9.17) is 5.26 Å². The molecule has 4 fully saturated rings. The van der Waals surface area contributed by atoms with Crippen LogP contribution in [0.25, 0.3) is 0 Å². The highest BCUT2D eigenvalue weighted by atomic mass is 14.9. The second-order valence-corrected chi connectivity index (χ2v) is 7.91. The van der Waals surface area contributed by atoms with Crippen LogP contribution < -0.4 is 5.32 Å². The Balaban J connectivity index is 1.51. The molecule has 4 aliphatic rings. The molecule has 0 radical (unpaired) electrons. The van der Waals surface area contributed by atoms with Crippen molar-refractivity contribution in [2.24, 2.45) is 23.2 Å². The van der Waals surface area contributed by atoms with Crippen LogP contribution in [0.15, 0.2) is 18.2 Å².